The number of hydrogen-bond acceptors (Lipinski definition) is 3. The zero-order chi connectivity index (χ0) is 14.3. The third kappa shape index (κ3) is 3.07. The summed E-state index contributed by atoms with van der Waals surface area (Å²) >= 11 is 0. The first-order valence-electron chi connectivity index (χ1n) is 7.24. The molecule has 0 aliphatic carbocycles. The Morgan fingerprint density at radius 3 is 2.37 bits per heavy atom. The van der Waals surface area contributed by atoms with Gasteiger partial charge in [0.05, 0.1) is 18.1 Å². The van der Waals surface area contributed by atoms with E-state index < -0.39 is 0 Å². The molecule has 3 heteroatoms. The van der Waals surface area contributed by atoms with Gasteiger partial charge in [0.2, 0.25) is 0 Å². The summed E-state index contributed by atoms with van der Waals surface area (Å²) in [6, 6.07) is 0. The van der Waals surface area contributed by atoms with E-state index in [0.29, 0.717) is 10.8 Å². The van der Waals surface area contributed by atoms with Gasteiger partial charge < -0.3 is 4.90 Å². The second kappa shape index (κ2) is 4.77. The second-order valence-electron chi connectivity index (χ2n) is 7.63. The van der Waals surface area contributed by atoms with Gasteiger partial charge in [0.15, 0.2) is 0 Å². The predicted molar refractivity (Wildman–Crippen MR) is 80.3 cm³/mol. The molecule has 1 aliphatic heterocycles. The average molecular weight is 261 g/mol. The topological polar surface area (TPSA) is 29.0 Å². The van der Waals surface area contributed by atoms with Crippen LogP contribution in [0, 0.1) is 23.7 Å². The summed E-state index contributed by atoms with van der Waals surface area (Å²) in [6.07, 6.45) is 4.99. The lowest BCUT2D eigenvalue weighted by molar-refractivity contribution is 0.0651. The standard InChI is InChI=1S/C16H27N3/c1-12-9-18-14(10-17-12)19-8-7-13(15(2,3)4)16(5,6)11-19/h9-10,13H,7-8,11H2,1-6H3. The Labute approximate surface area is 117 Å². The molecule has 3 nitrogen and oxygen atoms in total. The van der Waals surface area contributed by atoms with Crippen LogP contribution in [0.4, 0.5) is 5.82 Å². The monoisotopic (exact) mass is 261 g/mol. The molecule has 0 saturated carbocycles. The predicted octanol–water partition coefficient (Wildman–Crippen LogP) is 3.68. The maximum Gasteiger partial charge on any atom is 0.147 e. The van der Waals surface area contributed by atoms with Crippen molar-refractivity contribution in [3.8, 4) is 0 Å². The molecule has 2 rings (SSSR count). The molecule has 1 fully saturated rings. The highest BCUT2D eigenvalue weighted by Crippen LogP contribution is 2.45. The number of anilines is 1. The molecule has 0 aromatic carbocycles. The smallest absolute Gasteiger partial charge is 0.147 e. The van der Waals surface area contributed by atoms with Crippen molar-refractivity contribution in [1.29, 1.82) is 0 Å². The SMILES string of the molecule is Cc1cnc(N2CCC(C(C)(C)C)C(C)(C)C2)cn1. The molecule has 2 heterocycles. The molecule has 0 spiro atoms. The van der Waals surface area contributed by atoms with E-state index in [1.54, 1.807) is 0 Å². The second-order valence-corrected chi connectivity index (χ2v) is 7.63. The fourth-order valence-electron chi connectivity index (χ4n) is 3.71. The third-order valence-electron chi connectivity index (χ3n) is 4.37. The third-order valence-corrected chi connectivity index (χ3v) is 4.37. The first-order valence-corrected chi connectivity index (χ1v) is 7.24. The van der Waals surface area contributed by atoms with Gasteiger partial charge in [0, 0.05) is 13.1 Å². The van der Waals surface area contributed by atoms with E-state index in [-0.39, 0.29) is 0 Å². The summed E-state index contributed by atoms with van der Waals surface area (Å²) in [6.45, 7) is 16.0. The van der Waals surface area contributed by atoms with Crippen LogP contribution in [-0.2, 0) is 0 Å². The Kier molecular flexibility index (Phi) is 3.59. The molecule has 19 heavy (non-hydrogen) atoms. The lowest BCUT2D eigenvalue weighted by atomic mass is 9.62. The van der Waals surface area contributed by atoms with Gasteiger partial charge in [0.1, 0.15) is 5.82 Å². The average Bonchev–Trinajstić information content (AvgIpc) is 2.26. The molecule has 0 bridgehead atoms. The van der Waals surface area contributed by atoms with Crippen molar-refractivity contribution in [3.05, 3.63) is 18.1 Å². The fraction of sp³-hybridized carbons (Fsp3) is 0.750. The maximum atomic E-state index is 4.52. The van der Waals surface area contributed by atoms with Crippen LogP contribution < -0.4 is 4.90 Å². The van der Waals surface area contributed by atoms with Crippen molar-refractivity contribution in [3.63, 3.8) is 0 Å². The van der Waals surface area contributed by atoms with Crippen LogP contribution in [0.5, 0.6) is 0 Å². The summed E-state index contributed by atoms with van der Waals surface area (Å²) in [5, 5.41) is 0. The molecule has 106 valence electrons. The van der Waals surface area contributed by atoms with Crippen LogP contribution in [-0.4, -0.2) is 23.1 Å². The van der Waals surface area contributed by atoms with Crippen LogP contribution in [0.3, 0.4) is 0 Å². The van der Waals surface area contributed by atoms with Crippen molar-refractivity contribution in [1.82, 2.24) is 9.97 Å². The minimum atomic E-state index is 0.309. The summed E-state index contributed by atoms with van der Waals surface area (Å²) in [5.74, 6) is 1.76. The number of rotatable bonds is 1. The highest BCUT2D eigenvalue weighted by molar-refractivity contribution is 5.37. The molecule has 1 aliphatic rings. The Balaban J connectivity index is 2.16. The molecule has 1 atom stereocenters. The number of piperidine rings is 1. The van der Waals surface area contributed by atoms with Crippen LogP contribution in [0.25, 0.3) is 0 Å². The van der Waals surface area contributed by atoms with E-state index in [1.807, 2.05) is 19.3 Å². The Morgan fingerprint density at radius 2 is 1.89 bits per heavy atom. The Morgan fingerprint density at radius 1 is 1.21 bits per heavy atom. The van der Waals surface area contributed by atoms with Gasteiger partial charge in [-0.2, -0.15) is 0 Å². The number of aromatic nitrogens is 2. The van der Waals surface area contributed by atoms with E-state index in [9.17, 15) is 0 Å². The normalized spacial score (nSPS) is 23.5. The molecule has 1 aromatic heterocycles. The molecule has 0 radical (unpaired) electrons. The molecule has 1 aromatic rings. The van der Waals surface area contributed by atoms with Crippen molar-refractivity contribution in [2.24, 2.45) is 16.7 Å². The minimum absolute atomic E-state index is 0.309. The van der Waals surface area contributed by atoms with E-state index in [0.717, 1.165) is 30.5 Å². The van der Waals surface area contributed by atoms with Gasteiger partial charge >= 0.3 is 0 Å². The summed E-state index contributed by atoms with van der Waals surface area (Å²) in [7, 11) is 0. The quantitative estimate of drug-likeness (QED) is 0.772. The minimum Gasteiger partial charge on any atom is -0.355 e. The van der Waals surface area contributed by atoms with Crippen molar-refractivity contribution in [2.75, 3.05) is 18.0 Å². The van der Waals surface area contributed by atoms with Crippen molar-refractivity contribution < 1.29 is 0 Å². The first kappa shape index (κ1) is 14.3. The highest BCUT2D eigenvalue weighted by atomic mass is 15.2. The fourth-order valence-corrected chi connectivity index (χ4v) is 3.71. The van der Waals surface area contributed by atoms with Gasteiger partial charge in [0.25, 0.3) is 0 Å². The molecule has 0 amide bonds. The lowest BCUT2D eigenvalue weighted by Gasteiger charge is -2.50. The van der Waals surface area contributed by atoms with Crippen LogP contribution >= 0.6 is 0 Å². The molecule has 1 unspecified atom stereocenters. The zero-order valence-electron chi connectivity index (χ0n) is 13.2. The number of hydrogen-bond donors (Lipinski definition) is 0. The summed E-state index contributed by atoms with van der Waals surface area (Å²) < 4.78 is 0. The van der Waals surface area contributed by atoms with E-state index in [2.05, 4.69) is 49.5 Å². The van der Waals surface area contributed by atoms with Crippen LogP contribution in [0.2, 0.25) is 0 Å². The lowest BCUT2D eigenvalue weighted by Crippen LogP contribution is -2.50. The van der Waals surface area contributed by atoms with Crippen LogP contribution in [0.15, 0.2) is 12.4 Å². The highest BCUT2D eigenvalue weighted by Gasteiger charge is 2.42. The largest absolute Gasteiger partial charge is 0.355 e. The molecular formula is C16H27N3. The van der Waals surface area contributed by atoms with Crippen molar-refractivity contribution in [2.45, 2.75) is 48.0 Å². The van der Waals surface area contributed by atoms with Gasteiger partial charge in [-0.1, -0.05) is 34.6 Å². The number of aryl methyl sites for hydroxylation is 1. The van der Waals surface area contributed by atoms with Gasteiger partial charge in [-0.15, -0.1) is 0 Å². The Bertz CT molecular complexity index is 428. The number of nitrogens with zero attached hydrogens (tertiary/aromatic N) is 3. The Hall–Kier alpha value is -1.12. The molecule has 1 saturated heterocycles. The first-order chi connectivity index (χ1) is 8.70. The maximum absolute atomic E-state index is 4.52. The zero-order valence-corrected chi connectivity index (χ0v) is 13.2. The van der Waals surface area contributed by atoms with E-state index in [4.69, 9.17) is 0 Å². The van der Waals surface area contributed by atoms with E-state index >= 15 is 0 Å². The van der Waals surface area contributed by atoms with Crippen LogP contribution in [0.1, 0.15) is 46.7 Å². The summed E-state index contributed by atoms with van der Waals surface area (Å²) in [5.41, 5.74) is 1.66. The molecular weight excluding hydrogens is 234 g/mol. The van der Waals surface area contributed by atoms with Gasteiger partial charge in [-0.3, -0.25) is 4.98 Å². The molecule has 0 N–H and O–H groups in total. The van der Waals surface area contributed by atoms with E-state index in [1.165, 1.54) is 6.42 Å². The van der Waals surface area contributed by atoms with Gasteiger partial charge in [-0.05, 0) is 30.1 Å². The van der Waals surface area contributed by atoms with Crippen molar-refractivity contribution >= 4 is 5.82 Å². The van der Waals surface area contributed by atoms with Gasteiger partial charge in [-0.25, -0.2) is 4.98 Å². The summed E-state index contributed by atoms with van der Waals surface area (Å²) in [4.78, 5) is 11.3.